The first-order valence-corrected chi connectivity index (χ1v) is 3.55. The van der Waals surface area contributed by atoms with E-state index in [0.717, 1.165) is 5.57 Å². The van der Waals surface area contributed by atoms with E-state index in [1.165, 1.54) is 0 Å². The first-order valence-electron chi connectivity index (χ1n) is 3.55. The Bertz CT molecular complexity index is 142. The third-order valence-electron chi connectivity index (χ3n) is 2.21. The van der Waals surface area contributed by atoms with Crippen molar-refractivity contribution in [3.05, 3.63) is 12.2 Å². The second-order valence-electron chi connectivity index (χ2n) is 2.95. The zero-order valence-electron chi connectivity index (χ0n) is 6.50. The zero-order valence-corrected chi connectivity index (χ0v) is 6.50. The quantitative estimate of drug-likeness (QED) is 0.552. The molecule has 0 aliphatic heterocycles. The molecular weight excluding hydrogens is 128 g/mol. The Morgan fingerprint density at radius 2 is 2.30 bits per heavy atom. The SMILES string of the molecule is C=C1CC(O)C(C)C1OC. The van der Waals surface area contributed by atoms with Crippen molar-refractivity contribution in [1.29, 1.82) is 0 Å². The van der Waals surface area contributed by atoms with Gasteiger partial charge in [-0.25, -0.2) is 0 Å². The lowest BCUT2D eigenvalue weighted by atomic mass is 10.1. The molecule has 0 heterocycles. The van der Waals surface area contributed by atoms with Gasteiger partial charge in [0.1, 0.15) is 0 Å². The van der Waals surface area contributed by atoms with Crippen LogP contribution in [0.1, 0.15) is 13.3 Å². The van der Waals surface area contributed by atoms with Gasteiger partial charge in [-0.3, -0.25) is 0 Å². The van der Waals surface area contributed by atoms with E-state index in [1.807, 2.05) is 6.92 Å². The Morgan fingerprint density at radius 1 is 1.70 bits per heavy atom. The molecule has 0 amide bonds. The van der Waals surface area contributed by atoms with E-state index in [2.05, 4.69) is 6.58 Å². The highest BCUT2D eigenvalue weighted by molar-refractivity contribution is 5.13. The van der Waals surface area contributed by atoms with Gasteiger partial charge < -0.3 is 9.84 Å². The molecule has 58 valence electrons. The second-order valence-corrected chi connectivity index (χ2v) is 2.95. The monoisotopic (exact) mass is 142 g/mol. The van der Waals surface area contributed by atoms with Crippen LogP contribution in [-0.4, -0.2) is 24.4 Å². The van der Waals surface area contributed by atoms with Gasteiger partial charge in [0.2, 0.25) is 0 Å². The Labute approximate surface area is 61.5 Å². The first-order chi connectivity index (χ1) is 4.66. The Kier molecular flexibility index (Phi) is 2.11. The lowest BCUT2D eigenvalue weighted by molar-refractivity contribution is 0.0519. The van der Waals surface area contributed by atoms with Crippen molar-refractivity contribution in [2.75, 3.05) is 7.11 Å². The molecule has 0 aromatic heterocycles. The predicted molar refractivity (Wildman–Crippen MR) is 39.7 cm³/mol. The van der Waals surface area contributed by atoms with Gasteiger partial charge in [-0.1, -0.05) is 13.5 Å². The van der Waals surface area contributed by atoms with Crippen molar-refractivity contribution >= 4 is 0 Å². The molecule has 1 rings (SSSR count). The molecule has 1 aliphatic rings. The summed E-state index contributed by atoms with van der Waals surface area (Å²) in [5.41, 5.74) is 1.02. The molecular formula is C8H14O2. The summed E-state index contributed by atoms with van der Waals surface area (Å²) in [7, 11) is 1.66. The number of ether oxygens (including phenoxy) is 1. The molecule has 1 fully saturated rings. The van der Waals surface area contributed by atoms with Gasteiger partial charge in [-0.05, 0) is 12.0 Å². The maximum Gasteiger partial charge on any atom is 0.0829 e. The van der Waals surface area contributed by atoms with E-state index in [4.69, 9.17) is 4.74 Å². The number of hydrogen-bond donors (Lipinski definition) is 1. The number of rotatable bonds is 1. The number of aliphatic hydroxyl groups excluding tert-OH is 1. The molecule has 1 N–H and O–H groups in total. The summed E-state index contributed by atoms with van der Waals surface area (Å²) < 4.78 is 5.15. The average molecular weight is 142 g/mol. The normalized spacial score (nSPS) is 40.7. The van der Waals surface area contributed by atoms with Crippen LogP contribution in [0.15, 0.2) is 12.2 Å². The lowest BCUT2D eigenvalue weighted by Gasteiger charge is -2.15. The molecule has 2 heteroatoms. The highest BCUT2D eigenvalue weighted by Crippen LogP contribution is 2.31. The van der Waals surface area contributed by atoms with Gasteiger partial charge in [0.15, 0.2) is 0 Å². The van der Waals surface area contributed by atoms with Crippen LogP contribution in [0.2, 0.25) is 0 Å². The van der Waals surface area contributed by atoms with Crippen molar-refractivity contribution in [3.8, 4) is 0 Å². The van der Waals surface area contributed by atoms with Crippen LogP contribution in [0, 0.1) is 5.92 Å². The standard InChI is InChI=1S/C8H14O2/c1-5-4-7(9)6(2)8(5)10-3/h6-9H,1,4H2,2-3H3. The predicted octanol–water partition coefficient (Wildman–Crippen LogP) is 0.958. The van der Waals surface area contributed by atoms with Crippen LogP contribution in [-0.2, 0) is 4.74 Å². The molecule has 3 atom stereocenters. The van der Waals surface area contributed by atoms with Crippen molar-refractivity contribution in [1.82, 2.24) is 0 Å². The van der Waals surface area contributed by atoms with Crippen molar-refractivity contribution in [2.24, 2.45) is 5.92 Å². The van der Waals surface area contributed by atoms with E-state index < -0.39 is 0 Å². The minimum atomic E-state index is -0.252. The molecule has 2 nitrogen and oxygen atoms in total. The minimum absolute atomic E-state index is 0.0648. The van der Waals surface area contributed by atoms with E-state index >= 15 is 0 Å². The van der Waals surface area contributed by atoms with Crippen LogP contribution in [0.3, 0.4) is 0 Å². The summed E-state index contributed by atoms with van der Waals surface area (Å²) >= 11 is 0. The zero-order chi connectivity index (χ0) is 7.72. The fourth-order valence-electron chi connectivity index (χ4n) is 1.53. The van der Waals surface area contributed by atoms with Gasteiger partial charge in [-0.2, -0.15) is 0 Å². The van der Waals surface area contributed by atoms with Gasteiger partial charge in [-0.15, -0.1) is 0 Å². The molecule has 0 radical (unpaired) electrons. The van der Waals surface area contributed by atoms with Crippen molar-refractivity contribution in [3.63, 3.8) is 0 Å². The summed E-state index contributed by atoms with van der Waals surface area (Å²) in [5.74, 6) is 0.206. The molecule has 10 heavy (non-hydrogen) atoms. The van der Waals surface area contributed by atoms with Crippen LogP contribution in [0.5, 0.6) is 0 Å². The smallest absolute Gasteiger partial charge is 0.0829 e. The topological polar surface area (TPSA) is 29.5 Å². The van der Waals surface area contributed by atoms with Crippen LogP contribution in [0.4, 0.5) is 0 Å². The Hall–Kier alpha value is -0.340. The third kappa shape index (κ3) is 1.09. The van der Waals surface area contributed by atoms with Crippen LogP contribution >= 0.6 is 0 Å². The van der Waals surface area contributed by atoms with Gasteiger partial charge in [0.05, 0.1) is 12.2 Å². The summed E-state index contributed by atoms with van der Waals surface area (Å²) in [4.78, 5) is 0. The lowest BCUT2D eigenvalue weighted by Crippen LogP contribution is -2.21. The van der Waals surface area contributed by atoms with E-state index in [9.17, 15) is 5.11 Å². The largest absolute Gasteiger partial charge is 0.392 e. The fraction of sp³-hybridized carbons (Fsp3) is 0.750. The van der Waals surface area contributed by atoms with Crippen LogP contribution < -0.4 is 0 Å². The second kappa shape index (κ2) is 2.72. The van der Waals surface area contributed by atoms with Crippen molar-refractivity contribution < 1.29 is 9.84 Å². The number of hydrogen-bond acceptors (Lipinski definition) is 2. The number of methoxy groups -OCH3 is 1. The highest BCUT2D eigenvalue weighted by atomic mass is 16.5. The summed E-state index contributed by atoms with van der Waals surface area (Å²) in [6.45, 7) is 5.81. The van der Waals surface area contributed by atoms with Gasteiger partial charge in [0, 0.05) is 13.0 Å². The first kappa shape index (κ1) is 7.76. The Morgan fingerprint density at radius 3 is 2.50 bits per heavy atom. The van der Waals surface area contributed by atoms with E-state index in [-0.39, 0.29) is 18.1 Å². The van der Waals surface area contributed by atoms with Crippen LogP contribution in [0.25, 0.3) is 0 Å². The third-order valence-corrected chi connectivity index (χ3v) is 2.21. The fourth-order valence-corrected chi connectivity index (χ4v) is 1.53. The molecule has 1 saturated carbocycles. The molecule has 0 aromatic rings. The average Bonchev–Trinajstić information content (AvgIpc) is 2.09. The maximum atomic E-state index is 9.33. The van der Waals surface area contributed by atoms with E-state index in [1.54, 1.807) is 7.11 Å². The molecule has 0 bridgehead atoms. The molecule has 0 aromatic carbocycles. The molecule has 0 spiro atoms. The highest BCUT2D eigenvalue weighted by Gasteiger charge is 2.34. The summed E-state index contributed by atoms with van der Waals surface area (Å²) in [5, 5.41) is 9.33. The van der Waals surface area contributed by atoms with E-state index in [0.29, 0.717) is 6.42 Å². The summed E-state index contributed by atoms with van der Waals surface area (Å²) in [6, 6.07) is 0. The van der Waals surface area contributed by atoms with Crippen molar-refractivity contribution in [2.45, 2.75) is 25.6 Å². The number of aliphatic hydroxyl groups is 1. The van der Waals surface area contributed by atoms with Gasteiger partial charge in [0.25, 0.3) is 0 Å². The van der Waals surface area contributed by atoms with Gasteiger partial charge >= 0.3 is 0 Å². The maximum absolute atomic E-state index is 9.33. The molecule has 1 aliphatic carbocycles. The molecule has 3 unspecified atom stereocenters. The Balaban J connectivity index is 2.64. The summed E-state index contributed by atoms with van der Waals surface area (Å²) in [6.07, 6.45) is 0.507. The molecule has 0 saturated heterocycles. The minimum Gasteiger partial charge on any atom is -0.392 e.